The molecule has 2 aromatic rings. The molecule has 0 spiro atoms. The molecule has 0 fully saturated rings. The van der Waals surface area contributed by atoms with E-state index in [1.165, 1.54) is 0 Å². The summed E-state index contributed by atoms with van der Waals surface area (Å²) in [4.78, 5) is 18.5. The van der Waals surface area contributed by atoms with Crippen molar-refractivity contribution in [3.8, 4) is 11.3 Å². The molecule has 1 amide bonds. The monoisotopic (exact) mass is 408 g/mol. The fourth-order valence-corrected chi connectivity index (χ4v) is 3.43. The molecule has 0 aliphatic carbocycles. The molecule has 3 rings (SSSR count). The lowest BCUT2D eigenvalue weighted by Gasteiger charge is -2.29. The summed E-state index contributed by atoms with van der Waals surface area (Å²) in [7, 11) is 0. The number of rotatable bonds is 6. The maximum atomic E-state index is 12.8. The first kappa shape index (κ1) is 18.0. The summed E-state index contributed by atoms with van der Waals surface area (Å²) in [5.41, 5.74) is 2.12. The van der Waals surface area contributed by atoms with Crippen LogP contribution in [0.5, 0.6) is 0 Å². The standard InChI is InChI=1S/C17H21BrN4O3/c1-11(2)25-10-13(23)9-21-7-8-22-16(17(21)24)14(18)15(20-22)12-3-5-19-6-4-12/h3-6,11,13,23H,7-10H2,1-2H3. The van der Waals surface area contributed by atoms with Gasteiger partial charge in [-0.05, 0) is 41.9 Å². The van der Waals surface area contributed by atoms with Crippen molar-refractivity contribution in [2.45, 2.75) is 32.6 Å². The van der Waals surface area contributed by atoms with Gasteiger partial charge in [0.2, 0.25) is 0 Å². The highest BCUT2D eigenvalue weighted by Crippen LogP contribution is 2.32. The highest BCUT2D eigenvalue weighted by atomic mass is 79.9. The van der Waals surface area contributed by atoms with Gasteiger partial charge in [0.25, 0.3) is 5.91 Å². The second-order valence-electron chi connectivity index (χ2n) is 6.26. The molecule has 1 unspecified atom stereocenters. The molecule has 7 nitrogen and oxygen atoms in total. The molecule has 8 heteroatoms. The van der Waals surface area contributed by atoms with Gasteiger partial charge >= 0.3 is 0 Å². The van der Waals surface area contributed by atoms with E-state index in [1.807, 2.05) is 26.0 Å². The second kappa shape index (κ2) is 7.63. The molecule has 1 N–H and O–H groups in total. The van der Waals surface area contributed by atoms with Crippen LogP contribution >= 0.6 is 15.9 Å². The first-order chi connectivity index (χ1) is 12.0. The summed E-state index contributed by atoms with van der Waals surface area (Å²) in [5.74, 6) is -0.144. The number of aliphatic hydroxyl groups is 1. The molecule has 0 bridgehead atoms. The van der Waals surface area contributed by atoms with Crippen molar-refractivity contribution in [3.63, 3.8) is 0 Å². The molecule has 3 heterocycles. The number of aliphatic hydroxyl groups excluding tert-OH is 1. The van der Waals surface area contributed by atoms with Crippen LogP contribution in [0, 0.1) is 0 Å². The zero-order valence-corrected chi connectivity index (χ0v) is 15.8. The molecule has 2 aromatic heterocycles. The Balaban J connectivity index is 1.78. The van der Waals surface area contributed by atoms with E-state index in [9.17, 15) is 9.90 Å². The molecule has 1 aliphatic heterocycles. The van der Waals surface area contributed by atoms with Crippen LogP contribution in [0.25, 0.3) is 11.3 Å². The summed E-state index contributed by atoms with van der Waals surface area (Å²) in [5, 5.41) is 14.7. The quantitative estimate of drug-likeness (QED) is 0.789. The fourth-order valence-electron chi connectivity index (χ4n) is 2.75. The van der Waals surface area contributed by atoms with Gasteiger partial charge in [-0.2, -0.15) is 5.10 Å². The summed E-state index contributed by atoms with van der Waals surface area (Å²) in [6, 6.07) is 3.71. The van der Waals surface area contributed by atoms with E-state index in [2.05, 4.69) is 26.0 Å². The van der Waals surface area contributed by atoms with Crippen LogP contribution < -0.4 is 0 Å². The Kier molecular flexibility index (Phi) is 5.51. The van der Waals surface area contributed by atoms with Crippen LogP contribution in [-0.2, 0) is 11.3 Å². The minimum absolute atomic E-state index is 0.0465. The van der Waals surface area contributed by atoms with E-state index < -0.39 is 6.10 Å². The van der Waals surface area contributed by atoms with Crippen LogP contribution in [0.4, 0.5) is 0 Å². The normalized spacial score (nSPS) is 15.6. The molecule has 1 atom stereocenters. The van der Waals surface area contributed by atoms with Crippen LogP contribution in [0.2, 0.25) is 0 Å². The Hall–Kier alpha value is -1.77. The Morgan fingerprint density at radius 1 is 1.32 bits per heavy atom. The lowest BCUT2D eigenvalue weighted by atomic mass is 10.2. The van der Waals surface area contributed by atoms with E-state index in [1.54, 1.807) is 22.0 Å². The number of β-amino-alcohol motifs (C(OH)–C–C–N with tert-alkyl or cyclic N) is 1. The van der Waals surface area contributed by atoms with Gasteiger partial charge in [0, 0.05) is 31.0 Å². The minimum Gasteiger partial charge on any atom is -0.389 e. The molecule has 0 saturated carbocycles. The van der Waals surface area contributed by atoms with Gasteiger partial charge in [-0.25, -0.2) is 0 Å². The number of fused-ring (bicyclic) bond motifs is 1. The van der Waals surface area contributed by atoms with Gasteiger partial charge in [0.05, 0.1) is 29.8 Å². The Morgan fingerprint density at radius 3 is 2.72 bits per heavy atom. The SMILES string of the molecule is CC(C)OCC(O)CN1CCn2nc(-c3ccncc3)c(Br)c2C1=O. The zero-order valence-electron chi connectivity index (χ0n) is 14.2. The summed E-state index contributed by atoms with van der Waals surface area (Å²) < 4.78 is 7.80. The summed E-state index contributed by atoms with van der Waals surface area (Å²) in [6.45, 7) is 5.37. The number of hydrogen-bond acceptors (Lipinski definition) is 5. The van der Waals surface area contributed by atoms with E-state index in [-0.39, 0.29) is 25.2 Å². The maximum Gasteiger partial charge on any atom is 0.273 e. The van der Waals surface area contributed by atoms with Crippen LogP contribution in [-0.4, -0.2) is 62.6 Å². The van der Waals surface area contributed by atoms with Crippen LogP contribution in [0.3, 0.4) is 0 Å². The first-order valence-corrected chi connectivity index (χ1v) is 9.02. The van der Waals surface area contributed by atoms with Crippen molar-refractivity contribution in [2.24, 2.45) is 0 Å². The minimum atomic E-state index is -0.709. The fraction of sp³-hybridized carbons (Fsp3) is 0.471. The summed E-state index contributed by atoms with van der Waals surface area (Å²) >= 11 is 3.52. The third kappa shape index (κ3) is 3.91. The number of amides is 1. The van der Waals surface area contributed by atoms with Crippen LogP contribution in [0.1, 0.15) is 24.3 Å². The van der Waals surface area contributed by atoms with Gasteiger partial charge < -0.3 is 14.7 Å². The number of aromatic nitrogens is 3. The van der Waals surface area contributed by atoms with Crippen molar-refractivity contribution in [3.05, 3.63) is 34.7 Å². The smallest absolute Gasteiger partial charge is 0.273 e. The zero-order chi connectivity index (χ0) is 18.0. The number of ether oxygens (including phenoxy) is 1. The predicted octanol–water partition coefficient (Wildman–Crippen LogP) is 1.95. The molecule has 1 aliphatic rings. The first-order valence-electron chi connectivity index (χ1n) is 8.23. The van der Waals surface area contributed by atoms with Crippen molar-refractivity contribution in [2.75, 3.05) is 19.7 Å². The predicted molar refractivity (Wildman–Crippen MR) is 96.2 cm³/mol. The molecule has 0 saturated heterocycles. The second-order valence-corrected chi connectivity index (χ2v) is 7.05. The Morgan fingerprint density at radius 2 is 2.04 bits per heavy atom. The number of hydrogen-bond donors (Lipinski definition) is 1. The van der Waals surface area contributed by atoms with Gasteiger partial charge in [0.15, 0.2) is 0 Å². The highest BCUT2D eigenvalue weighted by molar-refractivity contribution is 9.10. The van der Waals surface area contributed by atoms with Gasteiger partial charge in [-0.3, -0.25) is 14.5 Å². The molecule has 0 aromatic carbocycles. The Bertz CT molecular complexity index is 748. The van der Waals surface area contributed by atoms with Crippen molar-refractivity contribution < 1.29 is 14.6 Å². The number of carbonyl (C=O) groups excluding carboxylic acids is 1. The number of nitrogens with zero attached hydrogens (tertiary/aromatic N) is 4. The lowest BCUT2D eigenvalue weighted by molar-refractivity contribution is -0.00850. The van der Waals surface area contributed by atoms with Crippen molar-refractivity contribution >= 4 is 21.8 Å². The van der Waals surface area contributed by atoms with Gasteiger partial charge in [-0.15, -0.1) is 0 Å². The largest absolute Gasteiger partial charge is 0.389 e. The van der Waals surface area contributed by atoms with Crippen molar-refractivity contribution in [1.29, 1.82) is 0 Å². The van der Waals surface area contributed by atoms with E-state index in [0.29, 0.717) is 23.3 Å². The van der Waals surface area contributed by atoms with Crippen LogP contribution in [0.15, 0.2) is 29.0 Å². The maximum absolute atomic E-state index is 12.8. The van der Waals surface area contributed by atoms with Gasteiger partial charge in [-0.1, -0.05) is 0 Å². The molecule has 134 valence electrons. The molecule has 25 heavy (non-hydrogen) atoms. The van der Waals surface area contributed by atoms with E-state index >= 15 is 0 Å². The number of pyridine rings is 1. The third-order valence-electron chi connectivity index (χ3n) is 3.97. The number of carbonyl (C=O) groups is 1. The van der Waals surface area contributed by atoms with Crippen molar-refractivity contribution in [1.82, 2.24) is 19.7 Å². The number of halogens is 1. The molecular formula is C17H21BrN4O3. The van der Waals surface area contributed by atoms with E-state index in [0.717, 1.165) is 11.3 Å². The van der Waals surface area contributed by atoms with Gasteiger partial charge in [0.1, 0.15) is 11.4 Å². The molecular weight excluding hydrogens is 388 g/mol. The highest BCUT2D eigenvalue weighted by Gasteiger charge is 2.31. The summed E-state index contributed by atoms with van der Waals surface area (Å²) in [6.07, 6.45) is 2.73. The van der Waals surface area contributed by atoms with E-state index in [4.69, 9.17) is 4.74 Å². The third-order valence-corrected chi connectivity index (χ3v) is 4.72. The molecule has 0 radical (unpaired) electrons. The average Bonchev–Trinajstić information content (AvgIpc) is 2.94. The topological polar surface area (TPSA) is 80.5 Å². The Labute approximate surface area is 154 Å². The lowest BCUT2D eigenvalue weighted by Crippen LogP contribution is -2.45. The average molecular weight is 409 g/mol.